The van der Waals surface area contributed by atoms with Crippen LogP contribution in [0.2, 0.25) is 0 Å². The number of alkyl carbamates (subject to hydrolysis) is 1. The van der Waals surface area contributed by atoms with Crippen LogP contribution in [-0.4, -0.2) is 46.8 Å². The normalized spacial score (nSPS) is 12.3. The van der Waals surface area contributed by atoms with Crippen molar-refractivity contribution in [2.24, 2.45) is 5.73 Å². The summed E-state index contributed by atoms with van der Waals surface area (Å²) in [5, 5.41) is 14.2. The van der Waals surface area contributed by atoms with Crippen molar-refractivity contribution < 1.29 is 33.8 Å². The van der Waals surface area contributed by atoms with Gasteiger partial charge in [-0.25, -0.2) is 4.79 Å². The minimum Gasteiger partial charge on any atom is -0.549 e. The molecule has 0 saturated heterocycles. The fourth-order valence-electron chi connectivity index (χ4n) is 1.89. The van der Waals surface area contributed by atoms with Gasteiger partial charge >= 0.3 is 6.09 Å². The molecule has 152 valence electrons. The fourth-order valence-corrected chi connectivity index (χ4v) is 2.45. The monoisotopic (exact) mass is 410 g/mol. The van der Waals surface area contributed by atoms with Crippen molar-refractivity contribution in [1.29, 1.82) is 0 Å². The fraction of sp³-hybridized carbons (Fsp3) is 0.353. The first-order valence-corrected chi connectivity index (χ1v) is 9.10. The van der Waals surface area contributed by atoms with Crippen LogP contribution >= 0.6 is 11.8 Å². The number of amides is 3. The number of nitrogens with two attached hydrogens (primary N) is 1. The van der Waals surface area contributed by atoms with Gasteiger partial charge in [-0.2, -0.15) is 0 Å². The topological polar surface area (TPSA) is 168 Å². The molecule has 1 aromatic carbocycles. The number of primary amides is 1. The SMILES string of the molecule is C[C@H](NC(=O)OCc1ccccc1)C(=O)NC(CC(=O)SCC(=O)[O-])C(N)=O. The van der Waals surface area contributed by atoms with Crippen LogP contribution in [0, 0.1) is 0 Å². The van der Waals surface area contributed by atoms with Gasteiger partial charge < -0.3 is 31.0 Å². The third kappa shape index (κ3) is 9.03. The van der Waals surface area contributed by atoms with Gasteiger partial charge in [-0.15, -0.1) is 0 Å². The number of aliphatic carboxylic acids is 1. The highest BCUT2D eigenvalue weighted by Crippen LogP contribution is 2.07. The van der Waals surface area contributed by atoms with Gasteiger partial charge in [0.2, 0.25) is 11.8 Å². The molecule has 0 aliphatic heterocycles. The molecule has 0 aromatic heterocycles. The second kappa shape index (κ2) is 11.6. The third-order valence-corrected chi connectivity index (χ3v) is 4.19. The molecule has 10 nitrogen and oxygen atoms in total. The molecule has 11 heteroatoms. The number of thioether (sulfide) groups is 1. The summed E-state index contributed by atoms with van der Waals surface area (Å²) in [6.45, 7) is 1.36. The molecule has 4 N–H and O–H groups in total. The Labute approximate surface area is 165 Å². The van der Waals surface area contributed by atoms with Gasteiger partial charge in [-0.05, 0) is 12.5 Å². The number of carbonyl (C=O) groups excluding carboxylic acids is 5. The van der Waals surface area contributed by atoms with E-state index in [2.05, 4.69) is 10.6 Å². The summed E-state index contributed by atoms with van der Waals surface area (Å²) in [6.07, 6.45) is -1.34. The van der Waals surface area contributed by atoms with Crippen LogP contribution in [0.3, 0.4) is 0 Å². The molecule has 0 radical (unpaired) electrons. The minimum absolute atomic E-state index is 0.00901. The minimum atomic E-state index is -1.44. The lowest BCUT2D eigenvalue weighted by atomic mass is 10.2. The number of benzene rings is 1. The van der Waals surface area contributed by atoms with E-state index in [9.17, 15) is 29.1 Å². The first-order valence-electron chi connectivity index (χ1n) is 8.11. The molecule has 3 amide bonds. The van der Waals surface area contributed by atoms with Crippen molar-refractivity contribution >= 4 is 40.8 Å². The molecule has 0 fully saturated rings. The summed E-state index contributed by atoms with van der Waals surface area (Å²) < 4.78 is 4.98. The maximum atomic E-state index is 12.1. The zero-order valence-corrected chi connectivity index (χ0v) is 15.8. The van der Waals surface area contributed by atoms with E-state index in [1.807, 2.05) is 6.07 Å². The highest BCUT2D eigenvalue weighted by atomic mass is 32.2. The first-order chi connectivity index (χ1) is 13.2. The van der Waals surface area contributed by atoms with E-state index in [4.69, 9.17) is 10.5 Å². The summed E-state index contributed by atoms with van der Waals surface area (Å²) in [5.41, 5.74) is 5.91. The van der Waals surface area contributed by atoms with E-state index < -0.39 is 53.2 Å². The van der Waals surface area contributed by atoms with Crippen molar-refractivity contribution in [3.63, 3.8) is 0 Å². The number of carboxylic acids is 1. The Kier molecular flexibility index (Phi) is 9.51. The highest BCUT2D eigenvalue weighted by molar-refractivity contribution is 8.14. The van der Waals surface area contributed by atoms with Crippen LogP contribution in [-0.2, 0) is 30.5 Å². The van der Waals surface area contributed by atoms with Crippen LogP contribution in [0.1, 0.15) is 18.9 Å². The van der Waals surface area contributed by atoms with Crippen LogP contribution < -0.4 is 21.5 Å². The van der Waals surface area contributed by atoms with E-state index >= 15 is 0 Å². The predicted molar refractivity (Wildman–Crippen MR) is 97.4 cm³/mol. The average Bonchev–Trinajstić information content (AvgIpc) is 2.64. The molecular formula is C17H20N3O7S-. The molecule has 0 aliphatic carbocycles. The number of ether oxygens (including phenoxy) is 1. The van der Waals surface area contributed by atoms with Crippen molar-refractivity contribution in [2.75, 3.05) is 5.75 Å². The molecule has 2 atom stereocenters. The summed E-state index contributed by atoms with van der Waals surface area (Å²) in [5.74, 6) is -3.76. The summed E-state index contributed by atoms with van der Waals surface area (Å²) in [6, 6.07) is 6.47. The Bertz CT molecular complexity index is 727. The molecule has 0 bridgehead atoms. The van der Waals surface area contributed by atoms with Crippen LogP contribution in [0.15, 0.2) is 30.3 Å². The number of carboxylic acid groups (broad SMARTS) is 1. The maximum absolute atomic E-state index is 12.1. The Morgan fingerprint density at radius 3 is 2.36 bits per heavy atom. The van der Waals surface area contributed by atoms with Crippen LogP contribution in [0.4, 0.5) is 4.79 Å². The summed E-state index contributed by atoms with van der Waals surface area (Å²) in [4.78, 5) is 57.2. The summed E-state index contributed by atoms with van der Waals surface area (Å²) >= 11 is 0.431. The Morgan fingerprint density at radius 2 is 1.79 bits per heavy atom. The molecule has 28 heavy (non-hydrogen) atoms. The van der Waals surface area contributed by atoms with Gasteiger partial charge in [-0.1, -0.05) is 42.1 Å². The standard InChI is InChI=1S/C17H21N3O7S/c1-10(19-17(26)27-8-11-5-3-2-4-6-11)16(25)20-12(15(18)24)7-14(23)28-9-13(21)22/h2-6,10,12H,7-9H2,1H3,(H2,18,24)(H,19,26)(H,20,25)(H,21,22)/p-1/t10-,12?/m0/s1. The summed E-state index contributed by atoms with van der Waals surface area (Å²) in [7, 11) is 0. The number of nitrogens with one attached hydrogen (secondary N) is 2. The van der Waals surface area contributed by atoms with Gasteiger partial charge in [0.25, 0.3) is 0 Å². The number of hydrogen-bond donors (Lipinski definition) is 3. The molecule has 1 rings (SSSR count). The van der Waals surface area contributed by atoms with Gasteiger partial charge in [-0.3, -0.25) is 14.4 Å². The van der Waals surface area contributed by atoms with E-state index in [0.29, 0.717) is 11.8 Å². The highest BCUT2D eigenvalue weighted by Gasteiger charge is 2.25. The molecular weight excluding hydrogens is 390 g/mol. The molecule has 0 heterocycles. The second-order valence-electron chi connectivity index (χ2n) is 5.63. The molecule has 1 aromatic rings. The van der Waals surface area contributed by atoms with Crippen molar-refractivity contribution in [3.05, 3.63) is 35.9 Å². The van der Waals surface area contributed by atoms with Crippen LogP contribution in [0.5, 0.6) is 0 Å². The Hall–Kier alpha value is -3.08. The molecule has 1 unspecified atom stereocenters. The lowest BCUT2D eigenvalue weighted by Gasteiger charge is -2.19. The predicted octanol–water partition coefficient (Wildman–Crippen LogP) is -1.33. The lowest BCUT2D eigenvalue weighted by molar-refractivity contribution is -0.301. The number of rotatable bonds is 10. The Morgan fingerprint density at radius 1 is 1.14 bits per heavy atom. The largest absolute Gasteiger partial charge is 0.549 e. The van der Waals surface area contributed by atoms with E-state index in [0.717, 1.165) is 5.56 Å². The van der Waals surface area contributed by atoms with Crippen molar-refractivity contribution in [2.45, 2.75) is 32.0 Å². The van der Waals surface area contributed by atoms with Gasteiger partial charge in [0.05, 0.1) is 5.97 Å². The first kappa shape index (κ1) is 23.0. The zero-order valence-electron chi connectivity index (χ0n) is 15.0. The van der Waals surface area contributed by atoms with Crippen molar-refractivity contribution in [1.82, 2.24) is 10.6 Å². The quantitative estimate of drug-likeness (QED) is 0.426. The van der Waals surface area contributed by atoms with Gasteiger partial charge in [0.1, 0.15) is 18.7 Å². The molecule has 0 spiro atoms. The number of carbonyl (C=O) groups is 5. The van der Waals surface area contributed by atoms with Crippen LogP contribution in [0.25, 0.3) is 0 Å². The lowest BCUT2D eigenvalue weighted by Crippen LogP contribution is -2.52. The van der Waals surface area contributed by atoms with E-state index in [1.165, 1.54) is 6.92 Å². The molecule has 0 aliphatic rings. The van der Waals surface area contributed by atoms with Crippen molar-refractivity contribution in [3.8, 4) is 0 Å². The smallest absolute Gasteiger partial charge is 0.408 e. The molecule has 0 saturated carbocycles. The average molecular weight is 410 g/mol. The van der Waals surface area contributed by atoms with E-state index in [-0.39, 0.29) is 6.61 Å². The van der Waals surface area contributed by atoms with Gasteiger partial charge in [0.15, 0.2) is 5.12 Å². The number of hydrogen-bond acceptors (Lipinski definition) is 8. The second-order valence-corrected chi connectivity index (χ2v) is 6.66. The zero-order chi connectivity index (χ0) is 21.1. The van der Waals surface area contributed by atoms with Gasteiger partial charge in [0, 0.05) is 12.2 Å². The Balaban J connectivity index is 2.48. The van der Waals surface area contributed by atoms with E-state index in [1.54, 1.807) is 24.3 Å². The third-order valence-electron chi connectivity index (χ3n) is 3.32. The maximum Gasteiger partial charge on any atom is 0.408 e.